The van der Waals surface area contributed by atoms with Crippen LogP contribution in [0.1, 0.15) is 24.8 Å². The Balaban J connectivity index is 1.33. The van der Waals surface area contributed by atoms with Crippen molar-refractivity contribution < 1.29 is 9.90 Å². The fraction of sp³-hybridized carbons (Fsp3) is 0.350. The van der Waals surface area contributed by atoms with Crippen LogP contribution in [0.5, 0.6) is 0 Å². The molecule has 6 nitrogen and oxygen atoms in total. The number of carboxylic acids is 1. The molecule has 0 spiro atoms. The number of hydrogen-bond donors (Lipinski definition) is 2. The molecule has 2 aliphatic rings. The van der Waals surface area contributed by atoms with Crippen LogP contribution >= 0.6 is 11.8 Å². The Morgan fingerprint density at radius 2 is 2.11 bits per heavy atom. The van der Waals surface area contributed by atoms with E-state index in [1.165, 1.54) is 16.5 Å². The third kappa shape index (κ3) is 4.48. The van der Waals surface area contributed by atoms with Crippen molar-refractivity contribution in [1.29, 1.82) is 0 Å². The summed E-state index contributed by atoms with van der Waals surface area (Å²) in [6.45, 7) is 3.04. The first kappa shape index (κ1) is 18.0. The summed E-state index contributed by atoms with van der Waals surface area (Å²) < 4.78 is 0. The maximum absolute atomic E-state index is 10.6. The van der Waals surface area contributed by atoms with E-state index in [2.05, 4.69) is 38.4 Å². The van der Waals surface area contributed by atoms with Gasteiger partial charge in [-0.25, -0.2) is 14.8 Å². The molecule has 1 saturated heterocycles. The highest BCUT2D eigenvalue weighted by Gasteiger charge is 2.20. The van der Waals surface area contributed by atoms with E-state index in [0.717, 1.165) is 55.4 Å². The van der Waals surface area contributed by atoms with Crippen LogP contribution in [0, 0.1) is 5.92 Å². The largest absolute Gasteiger partial charge is 0.478 e. The van der Waals surface area contributed by atoms with Gasteiger partial charge < -0.3 is 10.4 Å². The quantitative estimate of drug-likeness (QED) is 0.647. The molecule has 1 fully saturated rings. The number of nitrogens with one attached hydrogen (secondary N) is 1. The Hall–Kier alpha value is -2.38. The van der Waals surface area contributed by atoms with Gasteiger partial charge in [-0.2, -0.15) is 0 Å². The number of aromatic nitrogens is 2. The van der Waals surface area contributed by atoms with Crippen LogP contribution in [0.25, 0.3) is 0 Å². The summed E-state index contributed by atoms with van der Waals surface area (Å²) in [5.74, 6) is 0.552. The lowest BCUT2D eigenvalue weighted by Gasteiger charge is -2.31. The first-order valence-corrected chi connectivity index (χ1v) is 9.99. The van der Waals surface area contributed by atoms with Crippen LogP contribution in [0.4, 0.5) is 11.5 Å². The summed E-state index contributed by atoms with van der Waals surface area (Å²) in [4.78, 5) is 22.9. The van der Waals surface area contributed by atoms with Gasteiger partial charge >= 0.3 is 5.97 Å². The topological polar surface area (TPSA) is 78.4 Å². The van der Waals surface area contributed by atoms with Crippen LogP contribution in [-0.2, 0) is 11.3 Å². The summed E-state index contributed by atoms with van der Waals surface area (Å²) in [7, 11) is 0. The maximum atomic E-state index is 10.6. The first-order valence-electron chi connectivity index (χ1n) is 9.18. The Bertz CT molecular complexity index is 863. The van der Waals surface area contributed by atoms with Gasteiger partial charge in [0.15, 0.2) is 5.82 Å². The Morgan fingerprint density at radius 1 is 1.30 bits per heavy atom. The van der Waals surface area contributed by atoms with Crippen molar-refractivity contribution in [3.63, 3.8) is 0 Å². The van der Waals surface area contributed by atoms with E-state index in [9.17, 15) is 4.79 Å². The predicted octanol–water partition coefficient (Wildman–Crippen LogP) is 3.93. The maximum Gasteiger partial charge on any atom is 0.327 e. The zero-order valence-corrected chi connectivity index (χ0v) is 15.8. The number of anilines is 2. The van der Waals surface area contributed by atoms with Crippen molar-refractivity contribution in [2.24, 2.45) is 5.92 Å². The van der Waals surface area contributed by atoms with Crippen molar-refractivity contribution >= 4 is 29.2 Å². The number of nitrogens with zero attached hydrogens (tertiary/aromatic N) is 3. The number of piperidine rings is 1. The highest BCUT2D eigenvalue weighted by atomic mass is 32.2. The Kier molecular flexibility index (Phi) is 5.40. The van der Waals surface area contributed by atoms with Crippen molar-refractivity contribution in [2.75, 3.05) is 18.4 Å². The molecule has 0 unspecified atom stereocenters. The average molecular weight is 382 g/mol. The van der Waals surface area contributed by atoms with Crippen molar-refractivity contribution in [1.82, 2.24) is 14.9 Å². The van der Waals surface area contributed by atoms with Gasteiger partial charge in [0.1, 0.15) is 5.03 Å². The molecular formula is C20H22N4O2S. The van der Waals surface area contributed by atoms with Gasteiger partial charge in [-0.1, -0.05) is 23.9 Å². The van der Waals surface area contributed by atoms with Crippen LogP contribution in [-0.4, -0.2) is 39.0 Å². The summed E-state index contributed by atoms with van der Waals surface area (Å²) >= 11 is 1.65. The van der Waals surface area contributed by atoms with Crippen molar-refractivity contribution in [3.05, 3.63) is 48.3 Å². The van der Waals surface area contributed by atoms with E-state index >= 15 is 0 Å². The molecule has 0 atom stereocenters. The lowest BCUT2D eigenvalue weighted by Crippen LogP contribution is -2.33. The number of fused-ring (bicyclic) bond motifs is 2. The minimum atomic E-state index is -0.861. The number of likely N-dealkylation sites (tertiary alicyclic amines) is 1. The summed E-state index contributed by atoms with van der Waals surface area (Å²) in [6, 6.07) is 6.56. The molecule has 0 amide bonds. The fourth-order valence-electron chi connectivity index (χ4n) is 3.58. The number of hydrogen-bond acceptors (Lipinski definition) is 6. The molecule has 0 bridgehead atoms. The normalized spacial score (nSPS) is 17.3. The van der Waals surface area contributed by atoms with E-state index in [1.807, 2.05) is 0 Å². The van der Waals surface area contributed by atoms with Crippen molar-refractivity contribution in [2.45, 2.75) is 35.7 Å². The standard InChI is InChI=1S/C20H22N4O2S/c25-18(26)3-1-2-14-6-10-24(11-7-14)13-15-4-5-17-16(12-15)23-19-20(27-17)22-9-8-21-19/h1,3-5,8-9,12,14H,2,6-7,10-11,13H2,(H,21,23)(H,25,26). The van der Waals surface area contributed by atoms with E-state index in [1.54, 1.807) is 30.2 Å². The lowest BCUT2D eigenvalue weighted by atomic mass is 9.93. The highest BCUT2D eigenvalue weighted by molar-refractivity contribution is 7.99. The highest BCUT2D eigenvalue weighted by Crippen LogP contribution is 2.42. The van der Waals surface area contributed by atoms with Crippen LogP contribution in [0.15, 0.2) is 52.7 Å². The molecule has 0 saturated carbocycles. The van der Waals surface area contributed by atoms with Crippen LogP contribution in [0.3, 0.4) is 0 Å². The number of carboxylic acid groups (broad SMARTS) is 1. The van der Waals surface area contributed by atoms with Crippen LogP contribution in [0.2, 0.25) is 0 Å². The second-order valence-electron chi connectivity index (χ2n) is 6.96. The molecule has 3 heterocycles. The van der Waals surface area contributed by atoms with E-state index in [4.69, 9.17) is 5.11 Å². The van der Waals surface area contributed by atoms with Gasteiger partial charge in [-0.3, -0.25) is 4.90 Å². The second-order valence-corrected chi connectivity index (χ2v) is 7.99. The molecule has 1 aromatic heterocycles. The molecule has 0 radical (unpaired) electrons. The predicted molar refractivity (Wildman–Crippen MR) is 105 cm³/mol. The molecular weight excluding hydrogens is 360 g/mol. The monoisotopic (exact) mass is 382 g/mol. The Labute approximate surface area is 162 Å². The second kappa shape index (κ2) is 8.10. The smallest absolute Gasteiger partial charge is 0.327 e. The van der Waals surface area contributed by atoms with Gasteiger partial charge in [0.2, 0.25) is 0 Å². The number of carbonyl (C=O) groups is 1. The minimum Gasteiger partial charge on any atom is -0.478 e. The molecule has 1 aromatic carbocycles. The molecule has 2 N–H and O–H groups in total. The van der Waals surface area contributed by atoms with Gasteiger partial charge in [0.25, 0.3) is 0 Å². The van der Waals surface area contributed by atoms with Gasteiger partial charge in [-0.05, 0) is 56.0 Å². The summed E-state index contributed by atoms with van der Waals surface area (Å²) in [6.07, 6.45) is 9.56. The molecule has 2 aliphatic heterocycles. The third-order valence-corrected chi connectivity index (χ3v) is 6.08. The van der Waals surface area contributed by atoms with Gasteiger partial charge in [-0.15, -0.1) is 0 Å². The fourth-order valence-corrected chi connectivity index (χ4v) is 4.46. The molecule has 2 aromatic rings. The number of rotatable bonds is 5. The zero-order chi connectivity index (χ0) is 18.6. The van der Waals surface area contributed by atoms with E-state index in [0.29, 0.717) is 5.92 Å². The van der Waals surface area contributed by atoms with Gasteiger partial charge in [0.05, 0.1) is 5.69 Å². The number of allylic oxidation sites excluding steroid dienone is 1. The minimum absolute atomic E-state index is 0.591. The SMILES string of the molecule is O=C(O)C=CCC1CCN(Cc2ccc3c(c2)Nc2nccnc2S3)CC1. The average Bonchev–Trinajstić information content (AvgIpc) is 2.67. The molecule has 140 valence electrons. The van der Waals surface area contributed by atoms with Gasteiger partial charge in [0, 0.05) is 29.9 Å². The number of aliphatic carboxylic acids is 1. The van der Waals surface area contributed by atoms with E-state index < -0.39 is 5.97 Å². The Morgan fingerprint density at radius 3 is 2.93 bits per heavy atom. The molecule has 0 aliphatic carbocycles. The van der Waals surface area contributed by atoms with E-state index in [-0.39, 0.29) is 0 Å². The molecule has 27 heavy (non-hydrogen) atoms. The summed E-state index contributed by atoms with van der Waals surface area (Å²) in [5, 5.41) is 13.0. The third-order valence-electron chi connectivity index (χ3n) is 5.01. The molecule has 7 heteroatoms. The first-order chi connectivity index (χ1) is 13.2. The zero-order valence-electron chi connectivity index (χ0n) is 15.0. The lowest BCUT2D eigenvalue weighted by molar-refractivity contribution is -0.131. The van der Waals surface area contributed by atoms with Crippen LogP contribution < -0.4 is 5.32 Å². The summed E-state index contributed by atoms with van der Waals surface area (Å²) in [5.41, 5.74) is 2.39. The molecule has 4 rings (SSSR count). The van der Waals surface area contributed by atoms with Crippen molar-refractivity contribution in [3.8, 4) is 0 Å². The number of benzene rings is 1.